The summed E-state index contributed by atoms with van der Waals surface area (Å²) in [6, 6.07) is 35.4. The van der Waals surface area contributed by atoms with E-state index in [2.05, 4.69) is 71.7 Å². The molecule has 6 aromatic rings. The van der Waals surface area contributed by atoms with Crippen LogP contribution in [-0.2, 0) is 0 Å². The molecule has 0 unspecified atom stereocenters. The first kappa shape index (κ1) is 19.2. The normalized spacial score (nSPS) is 11.3. The van der Waals surface area contributed by atoms with Crippen LogP contribution in [0.4, 0.5) is 0 Å². The van der Waals surface area contributed by atoms with Gasteiger partial charge in [-0.3, -0.25) is 0 Å². The van der Waals surface area contributed by atoms with E-state index >= 15 is 0 Å². The van der Waals surface area contributed by atoms with Crippen molar-refractivity contribution < 1.29 is 0 Å². The zero-order chi connectivity index (χ0) is 21.5. The number of hydrogen-bond acceptors (Lipinski definition) is 3. The smallest absolute Gasteiger partial charge is 0.161 e. The maximum absolute atomic E-state index is 6.38. The van der Waals surface area contributed by atoms with Crippen LogP contribution >= 0.6 is 22.9 Å². The summed E-state index contributed by atoms with van der Waals surface area (Å²) >= 11 is 8.22. The molecule has 4 aromatic carbocycles. The monoisotopic (exact) mass is 448 g/mol. The minimum Gasteiger partial charge on any atom is -0.228 e. The number of fused-ring (bicyclic) bond motifs is 3. The van der Waals surface area contributed by atoms with Crippen LogP contribution < -0.4 is 0 Å². The first-order chi connectivity index (χ1) is 15.8. The third-order valence-electron chi connectivity index (χ3n) is 5.60. The second kappa shape index (κ2) is 7.86. The fourth-order valence-electron chi connectivity index (χ4n) is 4.10. The predicted molar refractivity (Wildman–Crippen MR) is 136 cm³/mol. The molecule has 0 fully saturated rings. The predicted octanol–water partition coefficient (Wildman–Crippen LogP) is 8.50. The maximum Gasteiger partial charge on any atom is 0.161 e. The van der Waals surface area contributed by atoms with Gasteiger partial charge in [0, 0.05) is 37.4 Å². The molecule has 4 heteroatoms. The highest BCUT2D eigenvalue weighted by Crippen LogP contribution is 2.40. The number of benzene rings is 4. The fraction of sp³-hybridized carbons (Fsp3) is 0. The zero-order valence-corrected chi connectivity index (χ0v) is 18.6. The molecule has 2 nitrogen and oxygen atoms in total. The van der Waals surface area contributed by atoms with Gasteiger partial charge >= 0.3 is 0 Å². The van der Waals surface area contributed by atoms with E-state index in [0.29, 0.717) is 11.0 Å². The summed E-state index contributed by atoms with van der Waals surface area (Å²) in [5, 5.41) is 3.04. The Morgan fingerprint density at radius 1 is 0.594 bits per heavy atom. The highest BCUT2D eigenvalue weighted by atomic mass is 35.5. The Kier molecular flexibility index (Phi) is 4.71. The molecule has 0 aliphatic rings. The van der Waals surface area contributed by atoms with Gasteiger partial charge in [-0.05, 0) is 23.3 Å². The number of halogens is 1. The molecule has 6 rings (SSSR count). The number of nitrogens with zero attached hydrogens (tertiary/aromatic N) is 2. The van der Waals surface area contributed by atoms with Gasteiger partial charge in [-0.2, -0.15) is 0 Å². The van der Waals surface area contributed by atoms with Gasteiger partial charge in [-0.1, -0.05) is 96.5 Å². The van der Waals surface area contributed by atoms with E-state index in [4.69, 9.17) is 16.6 Å². The molecule has 0 aliphatic heterocycles. The molecule has 0 amide bonds. The van der Waals surface area contributed by atoms with E-state index in [-0.39, 0.29) is 0 Å². The third kappa shape index (κ3) is 3.36. The molecule has 0 N–H and O–H groups in total. The first-order valence-electron chi connectivity index (χ1n) is 10.4. The molecule has 2 aromatic heterocycles. The molecule has 32 heavy (non-hydrogen) atoms. The second-order valence-corrected chi connectivity index (χ2v) is 9.07. The average Bonchev–Trinajstić information content (AvgIpc) is 3.23. The van der Waals surface area contributed by atoms with Crippen molar-refractivity contribution >= 4 is 43.1 Å². The Hall–Kier alpha value is -3.53. The summed E-state index contributed by atoms with van der Waals surface area (Å²) in [4.78, 5) is 9.24. The van der Waals surface area contributed by atoms with Gasteiger partial charge in [0.2, 0.25) is 0 Å². The van der Waals surface area contributed by atoms with Crippen molar-refractivity contribution in [2.24, 2.45) is 0 Å². The molecule has 0 bridgehead atoms. The third-order valence-corrected chi connectivity index (χ3v) is 7.01. The van der Waals surface area contributed by atoms with E-state index in [0.717, 1.165) is 22.4 Å². The standard InChI is InChI=1S/C28H17ClN2S/c29-26-17-24(30-28(31-26)18-8-2-1-3-9-18)20-11-6-10-19(16-20)21-13-7-14-23-22-12-4-5-15-25(22)32-27(21)23/h1-17H. The molecule has 152 valence electrons. The summed E-state index contributed by atoms with van der Waals surface area (Å²) < 4.78 is 2.61. The number of rotatable bonds is 3. The van der Waals surface area contributed by atoms with Crippen LogP contribution in [0, 0.1) is 0 Å². The van der Waals surface area contributed by atoms with E-state index < -0.39 is 0 Å². The van der Waals surface area contributed by atoms with Crippen molar-refractivity contribution in [2.45, 2.75) is 0 Å². The lowest BCUT2D eigenvalue weighted by Crippen LogP contribution is -1.93. The zero-order valence-electron chi connectivity index (χ0n) is 17.0. The number of thiophene rings is 1. The average molecular weight is 449 g/mol. The molecule has 0 saturated carbocycles. The van der Waals surface area contributed by atoms with Crippen LogP contribution in [0.5, 0.6) is 0 Å². The minimum atomic E-state index is 0.436. The van der Waals surface area contributed by atoms with Crippen molar-refractivity contribution in [3.05, 3.63) is 108 Å². The van der Waals surface area contributed by atoms with Crippen LogP contribution in [-0.4, -0.2) is 9.97 Å². The van der Waals surface area contributed by atoms with Gasteiger partial charge in [-0.15, -0.1) is 11.3 Å². The minimum absolute atomic E-state index is 0.436. The summed E-state index contributed by atoms with van der Waals surface area (Å²) in [6.45, 7) is 0. The molecule has 0 radical (unpaired) electrons. The van der Waals surface area contributed by atoms with Gasteiger partial charge in [-0.25, -0.2) is 9.97 Å². The summed E-state index contributed by atoms with van der Waals surface area (Å²) in [5.41, 5.74) is 5.17. The van der Waals surface area contributed by atoms with Crippen LogP contribution in [0.1, 0.15) is 0 Å². The van der Waals surface area contributed by atoms with Crippen LogP contribution in [0.3, 0.4) is 0 Å². The van der Waals surface area contributed by atoms with Crippen LogP contribution in [0.15, 0.2) is 103 Å². The number of hydrogen-bond donors (Lipinski definition) is 0. The van der Waals surface area contributed by atoms with Crippen LogP contribution in [0.25, 0.3) is 53.9 Å². The highest BCUT2D eigenvalue weighted by Gasteiger charge is 2.12. The molecule has 0 aliphatic carbocycles. The molecular formula is C28H17ClN2S. The Balaban J connectivity index is 1.50. The second-order valence-electron chi connectivity index (χ2n) is 7.63. The van der Waals surface area contributed by atoms with Crippen LogP contribution in [0.2, 0.25) is 5.15 Å². The van der Waals surface area contributed by atoms with Crippen molar-refractivity contribution in [3.8, 4) is 33.8 Å². The Morgan fingerprint density at radius 2 is 1.31 bits per heavy atom. The fourth-order valence-corrected chi connectivity index (χ4v) is 5.52. The van der Waals surface area contributed by atoms with Crippen molar-refractivity contribution in [1.29, 1.82) is 0 Å². The van der Waals surface area contributed by atoms with E-state index in [9.17, 15) is 0 Å². The number of aromatic nitrogens is 2. The molecule has 2 heterocycles. The molecule has 0 atom stereocenters. The van der Waals surface area contributed by atoms with Gasteiger partial charge < -0.3 is 0 Å². The Morgan fingerprint density at radius 3 is 2.22 bits per heavy atom. The van der Waals surface area contributed by atoms with Crippen molar-refractivity contribution in [2.75, 3.05) is 0 Å². The first-order valence-corrected chi connectivity index (χ1v) is 11.6. The van der Waals surface area contributed by atoms with Gasteiger partial charge in [0.15, 0.2) is 5.82 Å². The lowest BCUT2D eigenvalue weighted by Gasteiger charge is -2.09. The van der Waals surface area contributed by atoms with Gasteiger partial charge in [0.1, 0.15) is 5.15 Å². The van der Waals surface area contributed by atoms with Crippen molar-refractivity contribution in [3.63, 3.8) is 0 Å². The molecular weight excluding hydrogens is 432 g/mol. The topological polar surface area (TPSA) is 25.8 Å². The SMILES string of the molecule is Clc1cc(-c2cccc(-c3cccc4c3sc3ccccc34)c2)nc(-c2ccccc2)n1. The van der Waals surface area contributed by atoms with Crippen molar-refractivity contribution in [1.82, 2.24) is 9.97 Å². The van der Waals surface area contributed by atoms with Gasteiger partial charge in [0.05, 0.1) is 5.69 Å². The van der Waals surface area contributed by atoms with Gasteiger partial charge in [0.25, 0.3) is 0 Å². The lowest BCUT2D eigenvalue weighted by atomic mass is 9.99. The lowest BCUT2D eigenvalue weighted by molar-refractivity contribution is 1.18. The van der Waals surface area contributed by atoms with E-state index in [1.165, 1.54) is 25.7 Å². The van der Waals surface area contributed by atoms with E-state index in [1.54, 1.807) is 0 Å². The Labute approximate surface area is 194 Å². The van der Waals surface area contributed by atoms with E-state index in [1.807, 2.05) is 47.7 Å². The summed E-state index contributed by atoms with van der Waals surface area (Å²) in [6.07, 6.45) is 0. The summed E-state index contributed by atoms with van der Waals surface area (Å²) in [5.74, 6) is 0.630. The maximum atomic E-state index is 6.38. The largest absolute Gasteiger partial charge is 0.228 e. The highest BCUT2D eigenvalue weighted by molar-refractivity contribution is 7.26. The quantitative estimate of drug-likeness (QED) is 0.253. The molecule has 0 saturated heterocycles. The molecule has 0 spiro atoms. The Bertz CT molecular complexity index is 1590. The summed E-state index contributed by atoms with van der Waals surface area (Å²) in [7, 11) is 0.